The molecule has 0 aliphatic carbocycles. The topological polar surface area (TPSA) is 63.0 Å². The first-order chi connectivity index (χ1) is 12.6. The normalized spacial score (nSPS) is 16.5. The molecule has 1 unspecified atom stereocenters. The van der Waals surface area contributed by atoms with Gasteiger partial charge < -0.3 is 19.0 Å². The minimum absolute atomic E-state index is 0.0603. The maximum atomic E-state index is 12.8. The van der Waals surface area contributed by atoms with E-state index in [1.54, 1.807) is 29.0 Å². The summed E-state index contributed by atoms with van der Waals surface area (Å²) in [7, 11) is 1.74. The maximum absolute atomic E-state index is 12.8. The molecule has 0 N–H and O–H groups in total. The fourth-order valence-electron chi connectivity index (χ4n) is 3.11. The van der Waals surface area contributed by atoms with Gasteiger partial charge >= 0.3 is 0 Å². The Morgan fingerprint density at radius 2 is 2.04 bits per heavy atom. The molecule has 0 bridgehead atoms. The zero-order chi connectivity index (χ0) is 18.5. The third-order valence-electron chi connectivity index (χ3n) is 4.62. The van der Waals surface area contributed by atoms with Crippen molar-refractivity contribution in [2.75, 3.05) is 26.7 Å². The van der Waals surface area contributed by atoms with Crippen LogP contribution in [0.3, 0.4) is 0 Å². The van der Waals surface area contributed by atoms with E-state index in [4.69, 9.17) is 9.15 Å². The number of benzene rings is 1. The van der Waals surface area contributed by atoms with Crippen molar-refractivity contribution in [3.63, 3.8) is 0 Å². The summed E-state index contributed by atoms with van der Waals surface area (Å²) in [6.07, 6.45) is 2.96. The van der Waals surface area contributed by atoms with Gasteiger partial charge in [-0.1, -0.05) is 17.7 Å². The number of aryl methyl sites for hydroxylation is 1. The molecule has 3 rings (SSSR count). The average molecular weight is 356 g/mol. The van der Waals surface area contributed by atoms with Gasteiger partial charge in [0.15, 0.2) is 5.76 Å². The van der Waals surface area contributed by atoms with Crippen LogP contribution in [0.5, 0.6) is 5.75 Å². The van der Waals surface area contributed by atoms with Gasteiger partial charge in [-0.2, -0.15) is 0 Å². The lowest BCUT2D eigenvalue weighted by Gasteiger charge is -2.27. The van der Waals surface area contributed by atoms with E-state index in [1.807, 2.05) is 31.2 Å². The van der Waals surface area contributed by atoms with Crippen LogP contribution in [-0.2, 0) is 4.79 Å². The van der Waals surface area contributed by atoms with Gasteiger partial charge in [-0.25, -0.2) is 0 Å². The fourth-order valence-corrected chi connectivity index (χ4v) is 3.11. The number of furan rings is 1. The number of amides is 2. The fraction of sp³-hybridized carbons (Fsp3) is 0.400. The van der Waals surface area contributed by atoms with Crippen molar-refractivity contribution >= 4 is 11.8 Å². The highest BCUT2D eigenvalue weighted by molar-refractivity contribution is 5.95. The number of carbonyl (C=O) groups is 2. The summed E-state index contributed by atoms with van der Waals surface area (Å²) in [4.78, 5) is 28.5. The van der Waals surface area contributed by atoms with Gasteiger partial charge in [0.25, 0.3) is 5.91 Å². The number of hydrogen-bond acceptors (Lipinski definition) is 4. The maximum Gasteiger partial charge on any atom is 0.290 e. The van der Waals surface area contributed by atoms with Crippen molar-refractivity contribution in [2.45, 2.75) is 25.8 Å². The van der Waals surface area contributed by atoms with Crippen molar-refractivity contribution < 1.29 is 18.7 Å². The number of rotatable bonds is 6. The second-order valence-electron chi connectivity index (χ2n) is 6.56. The molecular weight excluding hydrogens is 332 g/mol. The van der Waals surface area contributed by atoms with Gasteiger partial charge in [-0.3, -0.25) is 9.59 Å². The Bertz CT molecular complexity index is 740. The highest BCUT2D eigenvalue weighted by Crippen LogP contribution is 2.22. The molecule has 1 fully saturated rings. The minimum atomic E-state index is -0.433. The predicted octanol–water partition coefficient (Wildman–Crippen LogP) is 2.73. The molecule has 26 heavy (non-hydrogen) atoms. The van der Waals surface area contributed by atoms with E-state index in [0.29, 0.717) is 26.1 Å². The van der Waals surface area contributed by atoms with Gasteiger partial charge in [0, 0.05) is 13.6 Å². The monoisotopic (exact) mass is 356 g/mol. The number of likely N-dealkylation sites (N-methyl/N-ethyl adjacent to an activating group) is 1. The second-order valence-corrected chi connectivity index (χ2v) is 6.56. The molecule has 6 heteroatoms. The van der Waals surface area contributed by atoms with Crippen LogP contribution in [0.4, 0.5) is 0 Å². The highest BCUT2D eigenvalue weighted by Gasteiger charge is 2.36. The van der Waals surface area contributed by atoms with Crippen LogP contribution in [0.1, 0.15) is 29.0 Å². The van der Waals surface area contributed by atoms with E-state index in [-0.39, 0.29) is 17.6 Å². The third-order valence-corrected chi connectivity index (χ3v) is 4.62. The van der Waals surface area contributed by atoms with Crippen LogP contribution in [0.2, 0.25) is 0 Å². The van der Waals surface area contributed by atoms with E-state index in [2.05, 4.69) is 0 Å². The molecular formula is C20H24N2O4. The number of carbonyl (C=O) groups excluding carboxylic acids is 2. The van der Waals surface area contributed by atoms with E-state index >= 15 is 0 Å². The van der Waals surface area contributed by atoms with Crippen LogP contribution in [0.15, 0.2) is 47.1 Å². The Morgan fingerprint density at radius 3 is 2.73 bits per heavy atom. The molecule has 0 spiro atoms. The summed E-state index contributed by atoms with van der Waals surface area (Å²) in [5.41, 5.74) is 1.17. The Labute approximate surface area is 153 Å². The largest absolute Gasteiger partial charge is 0.492 e. The van der Waals surface area contributed by atoms with Gasteiger partial charge in [0.05, 0.1) is 12.8 Å². The number of likely N-dealkylation sites (tertiary alicyclic amines) is 1. The smallest absolute Gasteiger partial charge is 0.290 e. The van der Waals surface area contributed by atoms with Crippen molar-refractivity contribution in [3.8, 4) is 5.75 Å². The predicted molar refractivity (Wildman–Crippen MR) is 97.1 cm³/mol. The number of hydrogen-bond donors (Lipinski definition) is 0. The van der Waals surface area contributed by atoms with Crippen LogP contribution < -0.4 is 4.74 Å². The molecule has 2 heterocycles. The Morgan fingerprint density at radius 1 is 1.27 bits per heavy atom. The molecule has 0 saturated carbocycles. The SMILES string of the molecule is Cc1ccc(OCCN(C)C(=O)C2CCCN2C(=O)c2ccco2)cc1. The summed E-state index contributed by atoms with van der Waals surface area (Å²) < 4.78 is 10.9. The van der Waals surface area contributed by atoms with Crippen LogP contribution in [0.25, 0.3) is 0 Å². The van der Waals surface area contributed by atoms with E-state index in [1.165, 1.54) is 11.8 Å². The summed E-state index contributed by atoms with van der Waals surface area (Å²) in [5.74, 6) is 0.770. The zero-order valence-corrected chi connectivity index (χ0v) is 15.2. The summed E-state index contributed by atoms with van der Waals surface area (Å²) in [5, 5.41) is 0. The van der Waals surface area contributed by atoms with Gasteiger partial charge in [0.2, 0.25) is 5.91 Å². The molecule has 138 valence electrons. The van der Waals surface area contributed by atoms with E-state index < -0.39 is 6.04 Å². The molecule has 6 nitrogen and oxygen atoms in total. The van der Waals surface area contributed by atoms with Gasteiger partial charge in [-0.05, 0) is 44.0 Å². The Kier molecular flexibility index (Phi) is 5.61. The van der Waals surface area contributed by atoms with Crippen LogP contribution in [0, 0.1) is 6.92 Å². The van der Waals surface area contributed by atoms with Crippen molar-refractivity contribution in [1.82, 2.24) is 9.80 Å². The molecule has 1 atom stereocenters. The summed E-state index contributed by atoms with van der Waals surface area (Å²) in [6, 6.07) is 10.7. The van der Waals surface area contributed by atoms with Crippen LogP contribution >= 0.6 is 0 Å². The lowest BCUT2D eigenvalue weighted by atomic mass is 10.2. The van der Waals surface area contributed by atoms with Crippen molar-refractivity contribution in [1.29, 1.82) is 0 Å². The number of ether oxygens (including phenoxy) is 1. The van der Waals surface area contributed by atoms with Gasteiger partial charge in [0.1, 0.15) is 18.4 Å². The quantitative estimate of drug-likeness (QED) is 0.798. The van der Waals surface area contributed by atoms with Crippen molar-refractivity contribution in [2.24, 2.45) is 0 Å². The van der Waals surface area contributed by atoms with Crippen LogP contribution in [-0.4, -0.2) is 54.4 Å². The highest BCUT2D eigenvalue weighted by atomic mass is 16.5. The Hall–Kier alpha value is -2.76. The molecule has 1 aliphatic heterocycles. The lowest BCUT2D eigenvalue weighted by Crippen LogP contribution is -2.47. The van der Waals surface area contributed by atoms with Crippen molar-refractivity contribution in [3.05, 3.63) is 54.0 Å². The standard InChI is InChI=1S/C20H24N2O4/c1-15-7-9-16(10-8-15)25-14-12-21(2)19(23)17-5-3-11-22(17)20(24)18-6-4-13-26-18/h4,6-10,13,17H,3,5,11-12,14H2,1-2H3. The second kappa shape index (κ2) is 8.08. The molecule has 1 saturated heterocycles. The summed E-state index contributed by atoms with van der Waals surface area (Å²) >= 11 is 0. The minimum Gasteiger partial charge on any atom is -0.492 e. The molecule has 1 aromatic heterocycles. The third kappa shape index (κ3) is 4.07. The number of nitrogens with zero attached hydrogens (tertiary/aromatic N) is 2. The molecule has 2 amide bonds. The molecule has 1 aromatic carbocycles. The molecule has 1 aliphatic rings. The van der Waals surface area contributed by atoms with Gasteiger partial charge in [-0.15, -0.1) is 0 Å². The lowest BCUT2D eigenvalue weighted by molar-refractivity contribution is -0.134. The molecule has 2 aromatic rings. The summed E-state index contributed by atoms with van der Waals surface area (Å²) in [6.45, 7) is 3.47. The zero-order valence-electron chi connectivity index (χ0n) is 15.2. The first kappa shape index (κ1) is 18.0. The first-order valence-corrected chi connectivity index (χ1v) is 8.85. The molecule has 0 radical (unpaired) electrons. The van der Waals surface area contributed by atoms with E-state index in [9.17, 15) is 9.59 Å². The van der Waals surface area contributed by atoms with E-state index in [0.717, 1.165) is 12.2 Å². The Balaban J connectivity index is 1.53. The average Bonchev–Trinajstić information content (AvgIpc) is 3.34. The first-order valence-electron chi connectivity index (χ1n) is 8.85.